The molecule has 1 aromatic heterocycles. The summed E-state index contributed by atoms with van der Waals surface area (Å²) < 4.78 is 0. The fourth-order valence-electron chi connectivity index (χ4n) is 2.62. The predicted molar refractivity (Wildman–Crippen MR) is 95.5 cm³/mol. The Kier molecular flexibility index (Phi) is 5.05. The third-order valence-electron chi connectivity index (χ3n) is 3.80. The lowest BCUT2D eigenvalue weighted by molar-refractivity contribution is 0.104. The Labute approximate surface area is 144 Å². The highest BCUT2D eigenvalue weighted by Crippen LogP contribution is 2.24. The van der Waals surface area contributed by atoms with Gasteiger partial charge in [-0.25, -0.2) is 9.97 Å². The molecule has 1 aliphatic rings. The Morgan fingerprint density at radius 2 is 2.08 bits per heavy atom. The smallest absolute Gasteiger partial charge is 0.188 e. The Morgan fingerprint density at radius 3 is 2.79 bits per heavy atom. The maximum Gasteiger partial charge on any atom is 0.188 e. The first-order chi connectivity index (χ1) is 11.7. The highest BCUT2D eigenvalue weighted by Gasteiger charge is 2.18. The van der Waals surface area contributed by atoms with Crippen molar-refractivity contribution in [3.8, 4) is 0 Å². The molecule has 122 valence electrons. The van der Waals surface area contributed by atoms with Gasteiger partial charge in [0.15, 0.2) is 10.9 Å². The fraction of sp³-hybridized carbons (Fsp3) is 0.222. The first-order valence-electron chi connectivity index (χ1n) is 7.53. The minimum atomic E-state index is -0.107. The molecule has 1 heterocycles. The van der Waals surface area contributed by atoms with Crippen LogP contribution in [0.3, 0.4) is 0 Å². The van der Waals surface area contributed by atoms with Gasteiger partial charge in [0.25, 0.3) is 0 Å². The molecule has 0 atom stereocenters. The maximum atomic E-state index is 12.2. The number of aryl methyl sites for hydroxylation is 1. The van der Waals surface area contributed by atoms with Crippen LogP contribution in [0.5, 0.6) is 0 Å². The Morgan fingerprint density at radius 1 is 1.29 bits per heavy atom. The standard InChI is InChI=1S/C18H17N3O2S/c1-23-21-16-7-5-13-9-12(3-6-15(13)16)4-8-17(22)14-10-19-18(24-2)20-11-14/h3-4,6,8-11H,5,7H2,1-2H3/b8-4+,21-16+. The van der Waals surface area contributed by atoms with Crippen molar-refractivity contribution >= 4 is 29.3 Å². The summed E-state index contributed by atoms with van der Waals surface area (Å²) in [4.78, 5) is 25.3. The molecule has 0 radical (unpaired) electrons. The maximum absolute atomic E-state index is 12.2. The predicted octanol–water partition coefficient (Wildman–Crippen LogP) is 3.39. The van der Waals surface area contributed by atoms with Crippen LogP contribution in [0.15, 0.2) is 47.0 Å². The number of carbonyl (C=O) groups is 1. The largest absolute Gasteiger partial charge is 0.399 e. The van der Waals surface area contributed by atoms with Gasteiger partial charge in [-0.05, 0) is 36.3 Å². The second kappa shape index (κ2) is 7.40. The van der Waals surface area contributed by atoms with Gasteiger partial charge in [-0.3, -0.25) is 4.79 Å². The van der Waals surface area contributed by atoms with E-state index in [4.69, 9.17) is 4.84 Å². The van der Waals surface area contributed by atoms with Gasteiger partial charge in [-0.15, -0.1) is 0 Å². The van der Waals surface area contributed by atoms with E-state index in [9.17, 15) is 4.79 Å². The number of allylic oxidation sites excluding steroid dienone is 1. The minimum Gasteiger partial charge on any atom is -0.399 e. The Balaban J connectivity index is 1.75. The number of ketones is 1. The van der Waals surface area contributed by atoms with Crippen LogP contribution in [0.1, 0.15) is 33.5 Å². The number of benzene rings is 1. The first kappa shape index (κ1) is 16.4. The average molecular weight is 339 g/mol. The zero-order chi connectivity index (χ0) is 16.9. The molecule has 0 fully saturated rings. The number of nitrogens with zero attached hydrogens (tertiary/aromatic N) is 3. The molecule has 0 aliphatic heterocycles. The number of thioether (sulfide) groups is 1. The van der Waals surface area contributed by atoms with E-state index < -0.39 is 0 Å². The fourth-order valence-corrected chi connectivity index (χ4v) is 2.93. The van der Waals surface area contributed by atoms with Crippen LogP contribution < -0.4 is 0 Å². The quantitative estimate of drug-likeness (QED) is 0.275. The van der Waals surface area contributed by atoms with Crippen LogP contribution in [-0.2, 0) is 11.3 Å². The van der Waals surface area contributed by atoms with Crippen molar-refractivity contribution in [1.82, 2.24) is 9.97 Å². The molecule has 1 aromatic carbocycles. The molecule has 2 aromatic rings. The highest BCUT2D eigenvalue weighted by atomic mass is 32.2. The van der Waals surface area contributed by atoms with Crippen LogP contribution in [0, 0.1) is 0 Å². The molecule has 0 saturated carbocycles. The van der Waals surface area contributed by atoms with E-state index in [0.717, 1.165) is 29.7 Å². The van der Waals surface area contributed by atoms with Crippen molar-refractivity contribution < 1.29 is 9.63 Å². The highest BCUT2D eigenvalue weighted by molar-refractivity contribution is 7.98. The number of hydrogen-bond acceptors (Lipinski definition) is 6. The summed E-state index contributed by atoms with van der Waals surface area (Å²) in [6.07, 6.45) is 10.2. The third-order valence-corrected chi connectivity index (χ3v) is 4.37. The van der Waals surface area contributed by atoms with E-state index in [2.05, 4.69) is 21.2 Å². The second-order valence-corrected chi connectivity index (χ2v) is 6.07. The summed E-state index contributed by atoms with van der Waals surface area (Å²) in [5, 5.41) is 4.71. The van der Waals surface area contributed by atoms with E-state index in [1.54, 1.807) is 25.6 Å². The number of hydrogen-bond donors (Lipinski definition) is 0. The van der Waals surface area contributed by atoms with Crippen molar-refractivity contribution in [2.24, 2.45) is 5.16 Å². The average Bonchev–Trinajstić information content (AvgIpc) is 3.02. The normalized spacial score (nSPS) is 15.0. The summed E-state index contributed by atoms with van der Waals surface area (Å²) in [7, 11) is 1.56. The van der Waals surface area contributed by atoms with Gasteiger partial charge in [0, 0.05) is 18.0 Å². The number of rotatable bonds is 5. The molecular weight excluding hydrogens is 322 g/mol. The zero-order valence-corrected chi connectivity index (χ0v) is 14.3. The minimum absolute atomic E-state index is 0.107. The van der Waals surface area contributed by atoms with Crippen molar-refractivity contribution in [3.05, 3.63) is 58.9 Å². The van der Waals surface area contributed by atoms with Crippen LogP contribution in [0.4, 0.5) is 0 Å². The molecule has 24 heavy (non-hydrogen) atoms. The topological polar surface area (TPSA) is 64.4 Å². The van der Waals surface area contributed by atoms with Gasteiger partial charge in [-0.1, -0.05) is 41.2 Å². The molecule has 5 nitrogen and oxygen atoms in total. The van der Waals surface area contributed by atoms with Crippen LogP contribution >= 0.6 is 11.8 Å². The lowest BCUT2D eigenvalue weighted by Gasteiger charge is -2.01. The molecule has 0 bridgehead atoms. The summed E-state index contributed by atoms with van der Waals surface area (Å²) >= 11 is 1.44. The molecule has 0 spiro atoms. The van der Waals surface area contributed by atoms with Crippen molar-refractivity contribution in [1.29, 1.82) is 0 Å². The molecule has 0 saturated heterocycles. The van der Waals surface area contributed by atoms with Crippen molar-refractivity contribution in [2.45, 2.75) is 18.0 Å². The summed E-state index contributed by atoms with van der Waals surface area (Å²) in [5.41, 5.74) is 4.81. The first-order valence-corrected chi connectivity index (χ1v) is 8.75. The van der Waals surface area contributed by atoms with E-state index >= 15 is 0 Å². The van der Waals surface area contributed by atoms with Gasteiger partial charge in [0.2, 0.25) is 0 Å². The van der Waals surface area contributed by atoms with Crippen molar-refractivity contribution in [3.63, 3.8) is 0 Å². The number of fused-ring (bicyclic) bond motifs is 1. The molecule has 0 unspecified atom stereocenters. The number of carbonyl (C=O) groups excluding carboxylic acids is 1. The van der Waals surface area contributed by atoms with Crippen LogP contribution in [-0.4, -0.2) is 34.8 Å². The van der Waals surface area contributed by atoms with Gasteiger partial charge >= 0.3 is 0 Å². The molecule has 6 heteroatoms. The van der Waals surface area contributed by atoms with Gasteiger partial charge in [0.1, 0.15) is 7.11 Å². The Hall–Kier alpha value is -2.47. The van der Waals surface area contributed by atoms with E-state index in [-0.39, 0.29) is 5.78 Å². The van der Waals surface area contributed by atoms with Crippen molar-refractivity contribution in [2.75, 3.05) is 13.4 Å². The van der Waals surface area contributed by atoms with Gasteiger partial charge < -0.3 is 4.84 Å². The van der Waals surface area contributed by atoms with Crippen LogP contribution in [0.25, 0.3) is 6.08 Å². The number of oxime groups is 1. The van der Waals surface area contributed by atoms with Crippen LogP contribution in [0.2, 0.25) is 0 Å². The molecule has 0 amide bonds. The second-order valence-electron chi connectivity index (χ2n) is 5.29. The van der Waals surface area contributed by atoms with E-state index in [1.807, 2.05) is 24.5 Å². The summed E-state index contributed by atoms with van der Waals surface area (Å²) in [6.45, 7) is 0. The molecule has 0 N–H and O–H groups in total. The number of aromatic nitrogens is 2. The van der Waals surface area contributed by atoms with E-state index in [1.165, 1.54) is 17.3 Å². The zero-order valence-electron chi connectivity index (χ0n) is 13.5. The lowest BCUT2D eigenvalue weighted by Crippen LogP contribution is -1.98. The lowest BCUT2D eigenvalue weighted by atomic mass is 10.0. The third kappa shape index (κ3) is 3.54. The van der Waals surface area contributed by atoms with Gasteiger partial charge in [-0.2, -0.15) is 0 Å². The summed E-state index contributed by atoms with van der Waals surface area (Å²) in [5.74, 6) is -0.107. The van der Waals surface area contributed by atoms with Gasteiger partial charge in [0.05, 0.1) is 11.3 Å². The molecular formula is C18H17N3O2S. The molecule has 3 rings (SSSR count). The Bertz CT molecular complexity index is 814. The monoisotopic (exact) mass is 339 g/mol. The van der Waals surface area contributed by atoms with E-state index in [0.29, 0.717) is 10.7 Å². The SMILES string of the molecule is CO/N=C1\CCc2cc(/C=C/C(=O)c3cnc(SC)nc3)ccc21. The molecule has 1 aliphatic carbocycles. The summed E-state index contributed by atoms with van der Waals surface area (Å²) in [6, 6.07) is 6.10.